The zero-order valence-corrected chi connectivity index (χ0v) is 6.36. The fraction of sp³-hybridized carbons (Fsp3) is 0.333. The van der Waals surface area contributed by atoms with Gasteiger partial charge in [-0.15, -0.1) is 4.79 Å². The van der Waals surface area contributed by atoms with Crippen LogP contribution in [0.2, 0.25) is 0 Å². The first-order chi connectivity index (χ1) is 4.93. The zero-order chi connectivity index (χ0) is 9.07. The number of hydrogen-bond donors (Lipinski definition) is 2. The second kappa shape index (κ2) is 3.41. The molecule has 0 aromatic rings. The van der Waals surface area contributed by atoms with Crippen LogP contribution in [0, 0.1) is 0 Å². The highest BCUT2D eigenvalue weighted by atomic mass is 31.2. The summed E-state index contributed by atoms with van der Waals surface area (Å²) in [6.07, 6.45) is 0. The van der Waals surface area contributed by atoms with Gasteiger partial charge in [-0.1, -0.05) is 0 Å². The number of esters is 1. The Kier molecular flexibility index (Phi) is 3.10. The Labute approximate surface area is 61.4 Å². The molecule has 0 radical (unpaired) electrons. The quantitative estimate of drug-likeness (QED) is 0.185. The third kappa shape index (κ3) is 2.61. The first kappa shape index (κ1) is 10.0. The zero-order valence-electron chi connectivity index (χ0n) is 5.46. The molecule has 0 fully saturated rings. The molecule has 0 bridgehead atoms. The van der Waals surface area contributed by atoms with E-state index in [1.165, 1.54) is 0 Å². The van der Waals surface area contributed by atoms with E-state index in [2.05, 4.69) is 9.53 Å². The van der Waals surface area contributed by atoms with Gasteiger partial charge in [-0.3, -0.25) is 0 Å². The molecule has 62 valence electrons. The Morgan fingerprint density at radius 1 is 1.64 bits per heavy atom. The van der Waals surface area contributed by atoms with E-state index in [-0.39, 0.29) is 0 Å². The highest BCUT2D eigenvalue weighted by Crippen LogP contribution is 2.35. The van der Waals surface area contributed by atoms with Crippen molar-refractivity contribution in [2.75, 3.05) is 7.11 Å². The molecular formula is C3H5N2O5P. The van der Waals surface area contributed by atoms with Crippen molar-refractivity contribution in [1.29, 1.82) is 0 Å². The van der Waals surface area contributed by atoms with Gasteiger partial charge in [0.1, 0.15) is 0 Å². The van der Waals surface area contributed by atoms with Crippen LogP contribution in [0.1, 0.15) is 0 Å². The maximum Gasteiger partial charge on any atom is 0.484 e. The van der Waals surface area contributed by atoms with E-state index in [4.69, 9.17) is 15.3 Å². The molecule has 7 nitrogen and oxygen atoms in total. The van der Waals surface area contributed by atoms with Crippen LogP contribution in [-0.4, -0.2) is 33.1 Å². The second-order valence-electron chi connectivity index (χ2n) is 1.46. The maximum atomic E-state index is 10.4. The lowest BCUT2D eigenvalue weighted by Crippen LogP contribution is -2.16. The van der Waals surface area contributed by atoms with E-state index in [0.717, 1.165) is 7.11 Å². The van der Waals surface area contributed by atoms with Crippen molar-refractivity contribution in [3.63, 3.8) is 0 Å². The number of carbonyl (C=O) groups is 1. The van der Waals surface area contributed by atoms with E-state index >= 15 is 0 Å². The second-order valence-corrected chi connectivity index (χ2v) is 2.97. The average Bonchev–Trinajstić information content (AvgIpc) is 1.86. The highest BCUT2D eigenvalue weighted by molar-refractivity contribution is 7.73. The van der Waals surface area contributed by atoms with E-state index in [1.807, 2.05) is 0 Å². The first-order valence-corrected chi connectivity index (χ1v) is 3.91. The predicted octanol–water partition coefficient (Wildman–Crippen LogP) is -1.03. The molecule has 0 spiro atoms. The molecule has 8 heteroatoms. The summed E-state index contributed by atoms with van der Waals surface area (Å²) in [5.41, 5.74) is 6.65. The van der Waals surface area contributed by atoms with Crippen molar-refractivity contribution in [3.05, 3.63) is 5.53 Å². The summed E-state index contributed by atoms with van der Waals surface area (Å²) in [4.78, 5) is 29.1. The standard InChI is InChI=1S/C3H5N2O5P/c1-10-3(6)2(5-4)11(7,8)9/h1H3,(H2,7,8,9). The fourth-order valence-corrected chi connectivity index (χ4v) is 0.755. The molecule has 0 heterocycles. The molecule has 0 aromatic carbocycles. The molecule has 0 atom stereocenters. The molecule has 0 amide bonds. The molecule has 0 rings (SSSR count). The van der Waals surface area contributed by atoms with Gasteiger partial charge in [0.15, 0.2) is 0 Å². The number of hydrogen-bond acceptors (Lipinski definition) is 3. The molecule has 0 aliphatic rings. The van der Waals surface area contributed by atoms with Crippen LogP contribution in [0.3, 0.4) is 0 Å². The molecule has 0 aliphatic heterocycles. The lowest BCUT2D eigenvalue weighted by Gasteiger charge is -1.94. The SMILES string of the molecule is COC(=O)C(=[N+]=[N-])P(=O)(O)O. The monoisotopic (exact) mass is 180 g/mol. The number of rotatable bonds is 2. The molecular weight excluding hydrogens is 175 g/mol. The van der Waals surface area contributed by atoms with Crippen LogP contribution in [0.15, 0.2) is 0 Å². The summed E-state index contributed by atoms with van der Waals surface area (Å²) >= 11 is 0. The Morgan fingerprint density at radius 2 is 2.09 bits per heavy atom. The normalized spacial score (nSPS) is 10.1. The van der Waals surface area contributed by atoms with Crippen molar-refractivity contribution < 1.29 is 28.7 Å². The highest BCUT2D eigenvalue weighted by Gasteiger charge is 2.40. The van der Waals surface area contributed by atoms with E-state index in [0.29, 0.717) is 0 Å². The summed E-state index contributed by atoms with van der Waals surface area (Å²) in [6, 6.07) is 0. The van der Waals surface area contributed by atoms with Gasteiger partial charge in [0.2, 0.25) is 0 Å². The Bertz CT molecular complexity index is 261. The van der Waals surface area contributed by atoms with E-state index < -0.39 is 19.0 Å². The van der Waals surface area contributed by atoms with Crippen LogP contribution in [0.25, 0.3) is 5.53 Å². The van der Waals surface area contributed by atoms with Crippen molar-refractivity contribution in [2.45, 2.75) is 0 Å². The Morgan fingerprint density at radius 3 is 2.18 bits per heavy atom. The Balaban J connectivity index is 4.89. The van der Waals surface area contributed by atoms with Crippen LogP contribution in [0.5, 0.6) is 0 Å². The minimum absolute atomic E-state index is 0.906. The van der Waals surface area contributed by atoms with Gasteiger partial charge >= 0.3 is 19.0 Å². The summed E-state index contributed by atoms with van der Waals surface area (Å²) in [7, 11) is -3.92. The number of ether oxygens (including phenoxy) is 1. The minimum atomic E-state index is -4.82. The third-order valence-corrected chi connectivity index (χ3v) is 1.56. The topological polar surface area (TPSA) is 120 Å². The van der Waals surface area contributed by atoms with Gasteiger partial charge in [0.25, 0.3) is 0 Å². The van der Waals surface area contributed by atoms with Gasteiger partial charge in [-0.05, 0) is 0 Å². The lowest BCUT2D eigenvalue weighted by molar-refractivity contribution is -0.136. The van der Waals surface area contributed by atoms with Crippen molar-refractivity contribution >= 4 is 19.0 Å². The average molecular weight is 180 g/mol. The molecule has 0 saturated heterocycles. The molecule has 0 unspecified atom stereocenters. The van der Waals surface area contributed by atoms with Gasteiger partial charge in [0.05, 0.1) is 7.11 Å². The first-order valence-electron chi connectivity index (χ1n) is 2.30. The summed E-state index contributed by atoms with van der Waals surface area (Å²) in [5, 5.41) is 0. The summed E-state index contributed by atoms with van der Waals surface area (Å²) < 4.78 is 14.2. The van der Waals surface area contributed by atoms with Gasteiger partial charge < -0.3 is 20.1 Å². The predicted molar refractivity (Wildman–Crippen MR) is 32.7 cm³/mol. The van der Waals surface area contributed by atoms with E-state index in [1.54, 1.807) is 0 Å². The number of nitrogens with zero attached hydrogens (tertiary/aromatic N) is 2. The van der Waals surface area contributed by atoms with Gasteiger partial charge in [0, 0.05) is 0 Å². The van der Waals surface area contributed by atoms with Crippen molar-refractivity contribution in [2.24, 2.45) is 0 Å². The van der Waals surface area contributed by atoms with Gasteiger partial charge in [-0.2, -0.15) is 0 Å². The van der Waals surface area contributed by atoms with Crippen molar-refractivity contribution in [3.8, 4) is 0 Å². The fourth-order valence-electron chi connectivity index (χ4n) is 0.309. The molecule has 0 aliphatic carbocycles. The Hall–Kier alpha value is -1.00. The molecule has 0 aromatic heterocycles. The minimum Gasteiger partial charge on any atom is -0.460 e. The summed E-state index contributed by atoms with van der Waals surface area (Å²) in [6.45, 7) is 0. The summed E-state index contributed by atoms with van der Waals surface area (Å²) in [5.74, 6) is -1.36. The molecule has 2 N–H and O–H groups in total. The third-order valence-electron chi connectivity index (χ3n) is 0.739. The molecule has 0 saturated carbocycles. The molecule has 11 heavy (non-hydrogen) atoms. The smallest absolute Gasteiger partial charge is 0.460 e. The maximum absolute atomic E-state index is 10.4. The van der Waals surface area contributed by atoms with Crippen molar-refractivity contribution in [1.82, 2.24) is 0 Å². The largest absolute Gasteiger partial charge is 0.484 e. The van der Waals surface area contributed by atoms with Crippen LogP contribution < -0.4 is 0 Å². The van der Waals surface area contributed by atoms with E-state index in [9.17, 15) is 9.36 Å². The lowest BCUT2D eigenvalue weighted by atomic mass is 10.7. The van der Waals surface area contributed by atoms with Gasteiger partial charge in [-0.25, -0.2) is 9.36 Å². The van der Waals surface area contributed by atoms with Crippen LogP contribution in [0.4, 0.5) is 0 Å². The van der Waals surface area contributed by atoms with Crippen LogP contribution >= 0.6 is 7.60 Å². The number of methoxy groups -OCH3 is 1. The number of carbonyl (C=O) groups excluding carboxylic acids is 1. The van der Waals surface area contributed by atoms with Crippen LogP contribution in [-0.2, 0) is 14.1 Å².